The van der Waals surface area contributed by atoms with Crippen molar-refractivity contribution in [2.45, 2.75) is 0 Å². The van der Waals surface area contributed by atoms with Crippen molar-refractivity contribution in [1.82, 2.24) is 10.2 Å². The molecule has 0 unspecified atom stereocenters. The van der Waals surface area contributed by atoms with Crippen molar-refractivity contribution in [3.05, 3.63) is 48.2 Å². The van der Waals surface area contributed by atoms with Crippen molar-refractivity contribution >= 4 is 17.8 Å². The molecule has 5 heteroatoms. The van der Waals surface area contributed by atoms with Crippen LogP contribution in [0.15, 0.2) is 42.6 Å². The smallest absolute Gasteiger partial charge is 0.249 e. The SMILES string of the molecule is COc1cccc(/C=C/C(=O)Nc2ccn[nH]2)c1. The summed E-state index contributed by atoms with van der Waals surface area (Å²) in [4.78, 5) is 11.6. The maximum absolute atomic E-state index is 11.6. The first-order chi connectivity index (χ1) is 8.78. The average molecular weight is 243 g/mol. The number of carbonyl (C=O) groups excluding carboxylic acids is 1. The highest BCUT2D eigenvalue weighted by Gasteiger charge is 1.98. The number of aromatic nitrogens is 2. The number of anilines is 1. The minimum atomic E-state index is -0.220. The lowest BCUT2D eigenvalue weighted by atomic mass is 10.2. The molecule has 5 nitrogen and oxygen atoms in total. The predicted octanol–water partition coefficient (Wildman–Crippen LogP) is 2.07. The summed E-state index contributed by atoms with van der Waals surface area (Å²) < 4.78 is 5.10. The molecule has 1 amide bonds. The van der Waals surface area contributed by atoms with Crippen LogP contribution >= 0.6 is 0 Å². The zero-order chi connectivity index (χ0) is 12.8. The van der Waals surface area contributed by atoms with Gasteiger partial charge in [-0.1, -0.05) is 12.1 Å². The van der Waals surface area contributed by atoms with E-state index >= 15 is 0 Å². The van der Waals surface area contributed by atoms with Gasteiger partial charge >= 0.3 is 0 Å². The summed E-state index contributed by atoms with van der Waals surface area (Å²) in [5.74, 6) is 1.10. The van der Waals surface area contributed by atoms with E-state index in [9.17, 15) is 4.79 Å². The van der Waals surface area contributed by atoms with Crippen molar-refractivity contribution in [3.63, 3.8) is 0 Å². The van der Waals surface area contributed by atoms with Gasteiger partial charge in [-0.3, -0.25) is 9.89 Å². The van der Waals surface area contributed by atoms with Crippen molar-refractivity contribution in [3.8, 4) is 5.75 Å². The van der Waals surface area contributed by atoms with E-state index in [0.29, 0.717) is 5.82 Å². The number of amides is 1. The number of H-pyrrole nitrogens is 1. The predicted molar refractivity (Wildman–Crippen MR) is 69.2 cm³/mol. The normalized spacial score (nSPS) is 10.5. The molecule has 0 radical (unpaired) electrons. The number of benzene rings is 1. The average Bonchev–Trinajstić information content (AvgIpc) is 2.89. The van der Waals surface area contributed by atoms with Crippen molar-refractivity contribution in [1.29, 1.82) is 0 Å². The molecule has 0 fully saturated rings. The van der Waals surface area contributed by atoms with Gasteiger partial charge in [-0.2, -0.15) is 5.10 Å². The van der Waals surface area contributed by atoms with Crippen LogP contribution in [0.25, 0.3) is 6.08 Å². The number of nitrogens with one attached hydrogen (secondary N) is 2. The van der Waals surface area contributed by atoms with Crippen LogP contribution in [0.3, 0.4) is 0 Å². The monoisotopic (exact) mass is 243 g/mol. The molecule has 0 aliphatic rings. The molecule has 1 aromatic heterocycles. The van der Waals surface area contributed by atoms with Crippen LogP contribution in [0.4, 0.5) is 5.82 Å². The highest BCUT2D eigenvalue weighted by molar-refractivity contribution is 6.01. The lowest BCUT2D eigenvalue weighted by molar-refractivity contribution is -0.111. The Balaban J connectivity index is 1.99. The molecule has 0 spiro atoms. The minimum Gasteiger partial charge on any atom is -0.497 e. The third-order valence-electron chi connectivity index (χ3n) is 2.28. The highest BCUT2D eigenvalue weighted by atomic mass is 16.5. The Morgan fingerprint density at radius 3 is 3.06 bits per heavy atom. The number of ether oxygens (including phenoxy) is 1. The Labute approximate surface area is 104 Å². The fourth-order valence-electron chi connectivity index (χ4n) is 1.42. The van der Waals surface area contributed by atoms with Crippen molar-refractivity contribution < 1.29 is 9.53 Å². The Morgan fingerprint density at radius 1 is 1.44 bits per heavy atom. The van der Waals surface area contributed by atoms with Crippen LogP contribution in [0.2, 0.25) is 0 Å². The molecule has 0 saturated carbocycles. The van der Waals surface area contributed by atoms with Gasteiger partial charge in [-0.25, -0.2) is 0 Å². The first-order valence-electron chi connectivity index (χ1n) is 5.40. The first kappa shape index (κ1) is 11.9. The van der Waals surface area contributed by atoms with Gasteiger partial charge in [-0.15, -0.1) is 0 Å². The fraction of sp³-hybridized carbons (Fsp3) is 0.0769. The van der Waals surface area contributed by atoms with Gasteiger partial charge < -0.3 is 10.1 Å². The lowest BCUT2D eigenvalue weighted by Crippen LogP contribution is -2.07. The van der Waals surface area contributed by atoms with Crippen LogP contribution in [0.1, 0.15) is 5.56 Å². The molecule has 1 aromatic carbocycles. The molecular formula is C13H13N3O2. The first-order valence-corrected chi connectivity index (χ1v) is 5.40. The van der Waals surface area contributed by atoms with E-state index in [1.54, 1.807) is 25.4 Å². The molecule has 0 atom stereocenters. The van der Waals surface area contributed by atoms with Crippen LogP contribution in [-0.2, 0) is 4.79 Å². The molecule has 0 aliphatic carbocycles. The molecule has 0 aliphatic heterocycles. The van der Waals surface area contributed by atoms with Crippen molar-refractivity contribution in [2.75, 3.05) is 12.4 Å². The van der Waals surface area contributed by atoms with E-state index in [4.69, 9.17) is 4.74 Å². The van der Waals surface area contributed by atoms with Gasteiger partial charge in [0.15, 0.2) is 0 Å². The second kappa shape index (κ2) is 5.67. The maximum atomic E-state index is 11.6. The summed E-state index contributed by atoms with van der Waals surface area (Å²) in [5, 5.41) is 9.03. The van der Waals surface area contributed by atoms with Crippen LogP contribution in [-0.4, -0.2) is 23.2 Å². The zero-order valence-electron chi connectivity index (χ0n) is 9.88. The van der Waals surface area contributed by atoms with E-state index in [1.807, 2.05) is 24.3 Å². The Morgan fingerprint density at radius 2 is 2.33 bits per heavy atom. The van der Waals surface area contributed by atoms with Crippen molar-refractivity contribution in [2.24, 2.45) is 0 Å². The topological polar surface area (TPSA) is 67.0 Å². The molecule has 92 valence electrons. The number of hydrogen-bond donors (Lipinski definition) is 2. The standard InChI is InChI=1S/C13H13N3O2/c1-18-11-4-2-3-10(9-11)5-6-13(17)15-12-7-8-14-16-12/h2-9H,1H3,(H2,14,15,16,17)/b6-5+. The summed E-state index contributed by atoms with van der Waals surface area (Å²) >= 11 is 0. The van der Waals surface area contributed by atoms with Gasteiger partial charge in [0, 0.05) is 12.1 Å². The fourth-order valence-corrected chi connectivity index (χ4v) is 1.42. The Kier molecular flexibility index (Phi) is 3.76. The van der Waals surface area contributed by atoms with E-state index in [0.717, 1.165) is 11.3 Å². The molecule has 0 bridgehead atoms. The Hall–Kier alpha value is -2.56. The number of methoxy groups -OCH3 is 1. The number of rotatable bonds is 4. The molecule has 1 heterocycles. The largest absolute Gasteiger partial charge is 0.497 e. The van der Waals surface area contributed by atoms with Gasteiger partial charge in [0.25, 0.3) is 0 Å². The van der Waals surface area contributed by atoms with Gasteiger partial charge in [0.1, 0.15) is 11.6 Å². The van der Waals surface area contributed by atoms with Gasteiger partial charge in [0.05, 0.1) is 13.3 Å². The number of nitrogens with zero attached hydrogens (tertiary/aromatic N) is 1. The summed E-state index contributed by atoms with van der Waals surface area (Å²) in [5.41, 5.74) is 0.897. The molecule has 2 N–H and O–H groups in total. The number of hydrogen-bond acceptors (Lipinski definition) is 3. The van der Waals surface area contributed by atoms with E-state index in [2.05, 4.69) is 15.5 Å². The summed E-state index contributed by atoms with van der Waals surface area (Å²) in [7, 11) is 1.60. The zero-order valence-corrected chi connectivity index (χ0v) is 9.88. The molecular weight excluding hydrogens is 230 g/mol. The van der Waals surface area contributed by atoms with E-state index < -0.39 is 0 Å². The van der Waals surface area contributed by atoms with E-state index in [-0.39, 0.29) is 5.91 Å². The summed E-state index contributed by atoms with van der Waals surface area (Å²) in [6.45, 7) is 0. The minimum absolute atomic E-state index is 0.220. The third-order valence-corrected chi connectivity index (χ3v) is 2.28. The second-order valence-corrected chi connectivity index (χ2v) is 3.57. The van der Waals surface area contributed by atoms with Gasteiger partial charge in [0.2, 0.25) is 5.91 Å². The highest BCUT2D eigenvalue weighted by Crippen LogP contribution is 2.13. The molecule has 0 saturated heterocycles. The van der Waals surface area contributed by atoms with Crippen LogP contribution in [0, 0.1) is 0 Å². The number of aromatic amines is 1. The third kappa shape index (κ3) is 3.21. The number of carbonyl (C=O) groups is 1. The van der Waals surface area contributed by atoms with Crippen LogP contribution in [0.5, 0.6) is 5.75 Å². The molecule has 2 rings (SSSR count). The Bertz CT molecular complexity index is 547. The molecule has 2 aromatic rings. The lowest BCUT2D eigenvalue weighted by Gasteiger charge is -2.00. The second-order valence-electron chi connectivity index (χ2n) is 3.57. The summed E-state index contributed by atoms with van der Waals surface area (Å²) in [6.07, 6.45) is 4.74. The quantitative estimate of drug-likeness (QED) is 0.808. The summed E-state index contributed by atoms with van der Waals surface area (Å²) in [6, 6.07) is 9.13. The maximum Gasteiger partial charge on any atom is 0.249 e. The van der Waals surface area contributed by atoms with Gasteiger partial charge in [-0.05, 0) is 23.8 Å². The van der Waals surface area contributed by atoms with E-state index in [1.165, 1.54) is 6.08 Å². The van der Waals surface area contributed by atoms with Crippen LogP contribution < -0.4 is 10.1 Å². The molecule has 18 heavy (non-hydrogen) atoms.